The second-order valence-electron chi connectivity index (χ2n) is 2.07. The van der Waals surface area contributed by atoms with Crippen LogP contribution in [-0.2, 0) is 0 Å². The van der Waals surface area contributed by atoms with Gasteiger partial charge in [-0.05, 0) is 34.0 Å². The number of rotatable bonds is 1. The van der Waals surface area contributed by atoms with Gasteiger partial charge in [-0.2, -0.15) is 0 Å². The van der Waals surface area contributed by atoms with Gasteiger partial charge in [0.2, 0.25) is 5.78 Å². The molecule has 0 bridgehead atoms. The van der Waals surface area contributed by atoms with Crippen molar-refractivity contribution in [3.05, 3.63) is 34.1 Å². The highest BCUT2D eigenvalue weighted by molar-refractivity contribution is 9.10. The van der Waals surface area contributed by atoms with Gasteiger partial charge in [0.1, 0.15) is 5.82 Å². The van der Waals surface area contributed by atoms with Gasteiger partial charge in [-0.1, -0.05) is 6.07 Å². The number of ketones is 1. The van der Waals surface area contributed by atoms with Crippen molar-refractivity contribution in [2.45, 2.75) is 0 Å². The molecule has 0 unspecified atom stereocenters. The Kier molecular flexibility index (Phi) is 2.61. The molecule has 0 aliphatic heterocycles. The van der Waals surface area contributed by atoms with Crippen LogP contribution >= 0.6 is 15.9 Å². The Morgan fingerprint density at radius 2 is 2.25 bits per heavy atom. The number of carbonyl (C=O) groups is 1. The highest BCUT2D eigenvalue weighted by Gasteiger charge is 2.12. The van der Waals surface area contributed by atoms with Crippen LogP contribution in [0.5, 0.6) is 0 Å². The number of benzene rings is 1. The Balaban J connectivity index is 3.33. The van der Waals surface area contributed by atoms with Crippen molar-refractivity contribution in [1.29, 1.82) is 0 Å². The molecule has 1 aromatic rings. The second kappa shape index (κ2) is 3.51. The molecule has 0 saturated heterocycles. The van der Waals surface area contributed by atoms with Crippen molar-refractivity contribution < 1.29 is 9.18 Å². The third kappa shape index (κ3) is 1.54. The van der Waals surface area contributed by atoms with E-state index in [2.05, 4.69) is 15.9 Å². The van der Waals surface area contributed by atoms with E-state index in [1.165, 1.54) is 12.1 Å². The molecule has 0 aromatic heterocycles. The van der Waals surface area contributed by atoms with Gasteiger partial charge in [-0.25, -0.2) is 4.39 Å². The van der Waals surface area contributed by atoms with Gasteiger partial charge in [0.25, 0.3) is 0 Å². The van der Waals surface area contributed by atoms with Crippen LogP contribution in [0, 0.1) is 18.2 Å². The van der Waals surface area contributed by atoms with E-state index >= 15 is 0 Å². The summed E-state index contributed by atoms with van der Waals surface area (Å²) in [4.78, 5) is 10.9. The van der Waals surface area contributed by atoms with E-state index in [1.807, 2.05) is 5.92 Å². The van der Waals surface area contributed by atoms with Crippen molar-refractivity contribution in [3.63, 3.8) is 0 Å². The van der Waals surface area contributed by atoms with Gasteiger partial charge in [-0.15, -0.1) is 6.42 Å². The minimum absolute atomic E-state index is 0.0833. The molecule has 0 amide bonds. The highest BCUT2D eigenvalue weighted by atomic mass is 79.9. The predicted molar refractivity (Wildman–Crippen MR) is 47.3 cm³/mol. The fourth-order valence-corrected chi connectivity index (χ4v) is 1.31. The fourth-order valence-electron chi connectivity index (χ4n) is 0.787. The first-order valence-electron chi connectivity index (χ1n) is 3.11. The Bertz CT molecular complexity index is 345. The summed E-state index contributed by atoms with van der Waals surface area (Å²) in [5, 5.41) is 0. The topological polar surface area (TPSA) is 17.1 Å². The Hall–Kier alpha value is -1.14. The van der Waals surface area contributed by atoms with E-state index in [4.69, 9.17) is 6.42 Å². The number of hydrogen-bond donors (Lipinski definition) is 0. The number of carbonyl (C=O) groups excluding carboxylic acids is 1. The lowest BCUT2D eigenvalue weighted by Crippen LogP contribution is -1.99. The maximum absolute atomic E-state index is 12.9. The molecule has 0 radical (unpaired) electrons. The van der Waals surface area contributed by atoms with Crippen molar-refractivity contribution >= 4 is 21.7 Å². The van der Waals surface area contributed by atoms with Crippen LogP contribution in [0.1, 0.15) is 10.4 Å². The molecule has 0 aliphatic rings. The first-order chi connectivity index (χ1) is 5.66. The molecule has 1 aromatic carbocycles. The van der Waals surface area contributed by atoms with E-state index in [1.54, 1.807) is 6.07 Å². The molecule has 0 aliphatic carbocycles. The van der Waals surface area contributed by atoms with Gasteiger partial charge >= 0.3 is 0 Å². The fraction of sp³-hybridized carbons (Fsp3) is 0. The largest absolute Gasteiger partial charge is 0.279 e. The van der Waals surface area contributed by atoms with E-state index in [0.717, 1.165) is 0 Å². The Morgan fingerprint density at radius 1 is 1.58 bits per heavy atom. The van der Waals surface area contributed by atoms with Crippen LogP contribution < -0.4 is 0 Å². The molecule has 3 heteroatoms. The van der Waals surface area contributed by atoms with Gasteiger partial charge in [0.15, 0.2) is 0 Å². The van der Waals surface area contributed by atoms with Gasteiger partial charge in [0.05, 0.1) is 5.56 Å². The summed E-state index contributed by atoms with van der Waals surface area (Å²) >= 11 is 3.03. The van der Waals surface area contributed by atoms with Crippen molar-refractivity contribution in [2.75, 3.05) is 0 Å². The SMILES string of the molecule is C#CC(=O)c1c(F)cccc1Br. The van der Waals surface area contributed by atoms with Crippen LogP contribution in [0.25, 0.3) is 0 Å². The summed E-state index contributed by atoms with van der Waals surface area (Å²) in [5.74, 6) is 0.597. The molecule has 1 rings (SSSR count). The van der Waals surface area contributed by atoms with Crippen molar-refractivity contribution in [1.82, 2.24) is 0 Å². The number of Topliss-reactive ketones (excluding diaryl/α,β-unsaturated/α-hetero) is 1. The average Bonchev–Trinajstić information content (AvgIpc) is 2.03. The smallest absolute Gasteiger partial charge is 0.239 e. The Labute approximate surface area is 77.7 Å². The summed E-state index contributed by atoms with van der Waals surface area (Å²) in [6.07, 6.45) is 4.85. The zero-order valence-corrected chi connectivity index (χ0v) is 7.56. The van der Waals surface area contributed by atoms with Gasteiger partial charge in [0, 0.05) is 4.47 Å². The third-order valence-corrected chi connectivity index (χ3v) is 1.98. The highest BCUT2D eigenvalue weighted by Crippen LogP contribution is 2.19. The number of terminal acetylenes is 1. The van der Waals surface area contributed by atoms with Gasteiger partial charge < -0.3 is 0 Å². The zero-order valence-electron chi connectivity index (χ0n) is 5.97. The zero-order chi connectivity index (χ0) is 9.14. The summed E-state index contributed by atoms with van der Waals surface area (Å²) in [5.41, 5.74) is -0.0833. The molecule has 1 nitrogen and oxygen atoms in total. The molecular weight excluding hydrogens is 223 g/mol. The average molecular weight is 227 g/mol. The summed E-state index contributed by atoms with van der Waals surface area (Å²) < 4.78 is 13.3. The Morgan fingerprint density at radius 3 is 2.75 bits per heavy atom. The standard InChI is InChI=1S/C9H4BrFO/c1-2-8(12)9-6(10)4-3-5-7(9)11/h1,3-5H. The summed E-state index contributed by atoms with van der Waals surface area (Å²) in [6, 6.07) is 4.25. The maximum atomic E-state index is 12.9. The van der Waals surface area contributed by atoms with Gasteiger partial charge in [-0.3, -0.25) is 4.79 Å². The van der Waals surface area contributed by atoms with Crippen LogP contribution in [0.2, 0.25) is 0 Å². The molecule has 12 heavy (non-hydrogen) atoms. The van der Waals surface area contributed by atoms with Crippen LogP contribution in [0.3, 0.4) is 0 Å². The lowest BCUT2D eigenvalue weighted by Gasteiger charge is -1.98. The van der Waals surface area contributed by atoms with Crippen LogP contribution in [-0.4, -0.2) is 5.78 Å². The normalized spacial score (nSPS) is 9.08. The van der Waals surface area contributed by atoms with E-state index in [0.29, 0.717) is 4.47 Å². The van der Waals surface area contributed by atoms with Crippen molar-refractivity contribution in [2.24, 2.45) is 0 Å². The molecule has 0 N–H and O–H groups in total. The van der Waals surface area contributed by atoms with E-state index < -0.39 is 11.6 Å². The minimum atomic E-state index is -0.653. The first kappa shape index (κ1) is 8.95. The number of halogens is 2. The quantitative estimate of drug-likeness (QED) is 0.409. The van der Waals surface area contributed by atoms with E-state index in [-0.39, 0.29) is 5.56 Å². The number of hydrogen-bond acceptors (Lipinski definition) is 1. The molecule has 0 atom stereocenters. The molecule has 60 valence electrons. The predicted octanol–water partition coefficient (Wildman–Crippen LogP) is 2.40. The third-order valence-electron chi connectivity index (χ3n) is 1.32. The summed E-state index contributed by atoms with van der Waals surface area (Å²) in [7, 11) is 0. The second-order valence-corrected chi connectivity index (χ2v) is 2.92. The first-order valence-corrected chi connectivity index (χ1v) is 3.91. The molecule has 0 saturated carbocycles. The lowest BCUT2D eigenvalue weighted by molar-refractivity contribution is 0.105. The minimum Gasteiger partial charge on any atom is -0.279 e. The monoisotopic (exact) mass is 226 g/mol. The molecular formula is C9H4BrFO. The molecule has 0 spiro atoms. The van der Waals surface area contributed by atoms with E-state index in [9.17, 15) is 9.18 Å². The molecule has 0 fully saturated rings. The lowest BCUT2D eigenvalue weighted by atomic mass is 10.1. The van der Waals surface area contributed by atoms with Crippen LogP contribution in [0.15, 0.2) is 22.7 Å². The molecule has 0 heterocycles. The maximum Gasteiger partial charge on any atom is 0.239 e. The summed E-state index contributed by atoms with van der Waals surface area (Å²) in [6.45, 7) is 0. The van der Waals surface area contributed by atoms with Crippen molar-refractivity contribution in [3.8, 4) is 12.3 Å². The van der Waals surface area contributed by atoms with Crippen LogP contribution in [0.4, 0.5) is 4.39 Å².